The highest BCUT2D eigenvalue weighted by Gasteiger charge is 2.09. The lowest BCUT2D eigenvalue weighted by Gasteiger charge is -2.18. The fourth-order valence-electron chi connectivity index (χ4n) is 1.21. The van der Waals surface area contributed by atoms with Crippen molar-refractivity contribution >= 4 is 23.3 Å². The van der Waals surface area contributed by atoms with E-state index in [4.69, 9.17) is 16.3 Å². The molecule has 1 aromatic rings. The fraction of sp³-hybridized carbons (Fsp3) is 0.364. The maximum absolute atomic E-state index is 12.9. The Balaban J connectivity index is 2.69. The van der Waals surface area contributed by atoms with Crippen LogP contribution < -0.4 is 4.90 Å². The molecule has 5 heteroatoms. The van der Waals surface area contributed by atoms with Crippen LogP contribution in [0.3, 0.4) is 0 Å². The van der Waals surface area contributed by atoms with Crippen LogP contribution in [0.1, 0.15) is 6.92 Å². The van der Waals surface area contributed by atoms with E-state index in [0.29, 0.717) is 12.3 Å². The number of nitrogens with zero attached hydrogens (tertiary/aromatic N) is 1. The van der Waals surface area contributed by atoms with Crippen molar-refractivity contribution in [3.05, 3.63) is 29.0 Å². The molecule has 0 spiro atoms. The van der Waals surface area contributed by atoms with E-state index in [2.05, 4.69) is 0 Å². The summed E-state index contributed by atoms with van der Waals surface area (Å²) in [5.41, 5.74) is 0.666. The number of rotatable bonds is 4. The van der Waals surface area contributed by atoms with Gasteiger partial charge in [0, 0.05) is 12.7 Å². The van der Waals surface area contributed by atoms with Gasteiger partial charge in [0.05, 0.1) is 11.6 Å². The lowest BCUT2D eigenvalue weighted by Crippen LogP contribution is -2.27. The van der Waals surface area contributed by atoms with Crippen molar-refractivity contribution in [2.24, 2.45) is 0 Å². The molecule has 0 aliphatic carbocycles. The van der Waals surface area contributed by atoms with Gasteiger partial charge in [-0.05, 0) is 25.1 Å². The Morgan fingerprint density at radius 1 is 1.56 bits per heavy atom. The standard InChI is InChI=1S/C11H13ClFNO2/c1-3-16-11(15)7-14(2)8-4-5-10(13)9(12)6-8/h4-6H,3,7H2,1-2H3. The minimum atomic E-state index is -0.477. The number of esters is 1. The Bertz CT molecular complexity index is 384. The number of hydrogen-bond acceptors (Lipinski definition) is 3. The molecule has 0 N–H and O–H groups in total. The Kier molecular flexibility index (Phi) is 4.55. The minimum Gasteiger partial charge on any atom is -0.465 e. The van der Waals surface area contributed by atoms with Gasteiger partial charge in [-0.25, -0.2) is 4.39 Å². The van der Waals surface area contributed by atoms with Crippen LogP contribution in [0.25, 0.3) is 0 Å². The molecule has 1 rings (SSSR count). The molecule has 1 aromatic carbocycles. The van der Waals surface area contributed by atoms with Gasteiger partial charge in [-0.1, -0.05) is 11.6 Å². The van der Waals surface area contributed by atoms with Crippen molar-refractivity contribution in [1.82, 2.24) is 0 Å². The predicted molar refractivity (Wildman–Crippen MR) is 61.3 cm³/mol. The normalized spacial score (nSPS) is 10.0. The van der Waals surface area contributed by atoms with Crippen molar-refractivity contribution in [3.8, 4) is 0 Å². The molecule has 0 aliphatic rings. The molecular weight excluding hydrogens is 233 g/mol. The van der Waals surface area contributed by atoms with E-state index in [1.807, 2.05) is 0 Å². The van der Waals surface area contributed by atoms with E-state index in [1.165, 1.54) is 12.1 Å². The monoisotopic (exact) mass is 245 g/mol. The molecule has 0 amide bonds. The smallest absolute Gasteiger partial charge is 0.325 e. The Morgan fingerprint density at radius 3 is 2.81 bits per heavy atom. The summed E-state index contributed by atoms with van der Waals surface area (Å²) in [4.78, 5) is 12.8. The zero-order valence-electron chi connectivity index (χ0n) is 9.17. The second kappa shape index (κ2) is 5.70. The molecule has 0 atom stereocenters. The molecule has 0 saturated heterocycles. The first-order valence-corrected chi connectivity index (χ1v) is 5.24. The van der Waals surface area contributed by atoms with E-state index < -0.39 is 5.82 Å². The average molecular weight is 246 g/mol. The molecule has 16 heavy (non-hydrogen) atoms. The first-order chi connectivity index (χ1) is 7.54. The quantitative estimate of drug-likeness (QED) is 0.764. The van der Waals surface area contributed by atoms with Crippen LogP contribution >= 0.6 is 11.6 Å². The number of likely N-dealkylation sites (N-methyl/N-ethyl adjacent to an activating group) is 1. The van der Waals surface area contributed by atoms with Gasteiger partial charge in [-0.15, -0.1) is 0 Å². The topological polar surface area (TPSA) is 29.5 Å². The van der Waals surface area contributed by atoms with Gasteiger partial charge < -0.3 is 9.64 Å². The third-order valence-electron chi connectivity index (χ3n) is 2.02. The summed E-state index contributed by atoms with van der Waals surface area (Å²) in [5, 5.41) is 0.0354. The van der Waals surface area contributed by atoms with Gasteiger partial charge in [0.25, 0.3) is 0 Å². The highest BCUT2D eigenvalue weighted by molar-refractivity contribution is 6.31. The molecule has 0 heterocycles. The van der Waals surface area contributed by atoms with Gasteiger partial charge in [-0.2, -0.15) is 0 Å². The number of carbonyl (C=O) groups excluding carboxylic acids is 1. The molecule has 0 fully saturated rings. The van der Waals surface area contributed by atoms with Crippen LogP contribution in [0.2, 0.25) is 5.02 Å². The number of benzene rings is 1. The predicted octanol–water partition coefficient (Wildman–Crippen LogP) is 2.48. The maximum atomic E-state index is 12.9. The summed E-state index contributed by atoms with van der Waals surface area (Å²) >= 11 is 5.64. The van der Waals surface area contributed by atoms with E-state index in [-0.39, 0.29) is 17.5 Å². The van der Waals surface area contributed by atoms with Gasteiger partial charge in [0.1, 0.15) is 12.4 Å². The van der Waals surface area contributed by atoms with Crippen LogP contribution in [0.15, 0.2) is 18.2 Å². The van der Waals surface area contributed by atoms with Crippen LogP contribution in [-0.2, 0) is 9.53 Å². The molecule has 3 nitrogen and oxygen atoms in total. The zero-order valence-corrected chi connectivity index (χ0v) is 9.92. The Labute approximate surface area is 98.8 Å². The summed E-state index contributed by atoms with van der Waals surface area (Å²) in [5.74, 6) is -0.805. The van der Waals surface area contributed by atoms with Gasteiger partial charge in [0.2, 0.25) is 0 Å². The van der Waals surface area contributed by atoms with Crippen LogP contribution in [-0.4, -0.2) is 26.2 Å². The summed E-state index contributed by atoms with van der Waals surface area (Å²) in [6, 6.07) is 4.29. The third-order valence-corrected chi connectivity index (χ3v) is 2.31. The second-order valence-electron chi connectivity index (χ2n) is 3.26. The number of anilines is 1. The van der Waals surface area contributed by atoms with Crippen molar-refractivity contribution in [2.45, 2.75) is 6.92 Å². The summed E-state index contributed by atoms with van der Waals surface area (Å²) in [6.07, 6.45) is 0. The molecule has 0 radical (unpaired) electrons. The van der Waals surface area contributed by atoms with E-state index in [9.17, 15) is 9.18 Å². The molecule has 88 valence electrons. The van der Waals surface area contributed by atoms with Crippen LogP contribution in [0.4, 0.5) is 10.1 Å². The first kappa shape index (κ1) is 12.8. The average Bonchev–Trinajstić information content (AvgIpc) is 2.22. The number of hydrogen-bond donors (Lipinski definition) is 0. The lowest BCUT2D eigenvalue weighted by molar-refractivity contribution is -0.141. The number of carbonyl (C=O) groups is 1. The van der Waals surface area contributed by atoms with E-state index >= 15 is 0 Å². The molecular formula is C11H13ClFNO2. The molecule has 0 aliphatic heterocycles. The number of ether oxygens (including phenoxy) is 1. The largest absolute Gasteiger partial charge is 0.465 e. The van der Waals surface area contributed by atoms with E-state index in [1.54, 1.807) is 24.9 Å². The van der Waals surface area contributed by atoms with Gasteiger partial charge in [-0.3, -0.25) is 4.79 Å². The van der Waals surface area contributed by atoms with Crippen LogP contribution in [0, 0.1) is 5.82 Å². The lowest BCUT2D eigenvalue weighted by atomic mass is 10.3. The third kappa shape index (κ3) is 3.38. The Morgan fingerprint density at radius 2 is 2.25 bits per heavy atom. The Hall–Kier alpha value is -1.29. The summed E-state index contributed by atoms with van der Waals surface area (Å²) < 4.78 is 17.7. The number of halogens is 2. The van der Waals surface area contributed by atoms with Gasteiger partial charge in [0.15, 0.2) is 0 Å². The fourth-order valence-corrected chi connectivity index (χ4v) is 1.39. The molecule has 0 unspecified atom stereocenters. The van der Waals surface area contributed by atoms with E-state index in [0.717, 1.165) is 0 Å². The second-order valence-corrected chi connectivity index (χ2v) is 3.67. The SMILES string of the molecule is CCOC(=O)CN(C)c1ccc(F)c(Cl)c1. The summed E-state index contributed by atoms with van der Waals surface area (Å²) in [6.45, 7) is 2.19. The molecule has 0 bridgehead atoms. The molecule has 0 aromatic heterocycles. The summed E-state index contributed by atoms with van der Waals surface area (Å²) in [7, 11) is 1.71. The van der Waals surface area contributed by atoms with Crippen molar-refractivity contribution < 1.29 is 13.9 Å². The highest BCUT2D eigenvalue weighted by atomic mass is 35.5. The highest BCUT2D eigenvalue weighted by Crippen LogP contribution is 2.21. The van der Waals surface area contributed by atoms with Gasteiger partial charge >= 0.3 is 5.97 Å². The van der Waals surface area contributed by atoms with Crippen LogP contribution in [0.5, 0.6) is 0 Å². The van der Waals surface area contributed by atoms with Crippen molar-refractivity contribution in [3.63, 3.8) is 0 Å². The zero-order chi connectivity index (χ0) is 12.1. The van der Waals surface area contributed by atoms with Crippen molar-refractivity contribution in [2.75, 3.05) is 25.1 Å². The maximum Gasteiger partial charge on any atom is 0.325 e. The minimum absolute atomic E-state index is 0.0354. The first-order valence-electron chi connectivity index (χ1n) is 4.86. The molecule has 0 saturated carbocycles. The van der Waals surface area contributed by atoms with Crippen molar-refractivity contribution in [1.29, 1.82) is 0 Å².